The fourth-order valence-corrected chi connectivity index (χ4v) is 1.89. The van der Waals surface area contributed by atoms with Crippen LogP contribution < -0.4 is 5.46 Å². The van der Waals surface area contributed by atoms with Crippen LogP contribution in [0.4, 0.5) is 4.39 Å². The smallest absolute Gasteiger partial charge is 0.407 e. The predicted octanol–water partition coefficient (Wildman–Crippen LogP) is 1.02. The normalized spacial score (nSPS) is 14.5. The second-order valence-corrected chi connectivity index (χ2v) is 4.51. The average Bonchev–Trinajstić information content (AvgIpc) is 2.66. The van der Waals surface area contributed by atoms with Crippen molar-refractivity contribution in [3.8, 4) is 0 Å². The minimum absolute atomic E-state index is 0.222. The van der Waals surface area contributed by atoms with Gasteiger partial charge in [-0.25, -0.2) is 4.39 Å². The van der Waals surface area contributed by atoms with Crippen LogP contribution in [-0.2, 0) is 15.9 Å². The predicted molar refractivity (Wildman–Crippen MR) is 65.7 cm³/mol. The molecule has 17 heavy (non-hydrogen) atoms. The molecular weight excluding hydrogens is 220 g/mol. The number of fused-ring (bicyclic) bond motifs is 1. The van der Waals surface area contributed by atoms with Crippen molar-refractivity contribution in [1.82, 2.24) is 4.90 Å². The van der Waals surface area contributed by atoms with Gasteiger partial charge in [-0.05, 0) is 50.2 Å². The highest BCUT2D eigenvalue weighted by Crippen LogP contribution is 2.13. The summed E-state index contributed by atoms with van der Waals surface area (Å²) in [6.45, 7) is 2.08. The third-order valence-corrected chi connectivity index (χ3v) is 2.77. The summed E-state index contributed by atoms with van der Waals surface area (Å²) in [4.78, 5) is 2.11. The van der Waals surface area contributed by atoms with Gasteiger partial charge >= 0.3 is 7.12 Å². The molecule has 1 aromatic rings. The fourth-order valence-electron chi connectivity index (χ4n) is 1.89. The minimum Gasteiger partial charge on any atom is -0.407 e. The van der Waals surface area contributed by atoms with Gasteiger partial charge < -0.3 is 14.2 Å². The summed E-state index contributed by atoms with van der Waals surface area (Å²) < 4.78 is 24.1. The molecule has 0 bridgehead atoms. The van der Waals surface area contributed by atoms with E-state index in [1.54, 1.807) is 6.07 Å². The lowest BCUT2D eigenvalue weighted by atomic mass is 9.79. The Labute approximate surface area is 102 Å². The maximum absolute atomic E-state index is 13.0. The lowest BCUT2D eigenvalue weighted by molar-refractivity contribution is 0.202. The van der Waals surface area contributed by atoms with E-state index in [-0.39, 0.29) is 12.9 Å². The van der Waals surface area contributed by atoms with Crippen molar-refractivity contribution in [3.05, 3.63) is 29.6 Å². The molecule has 0 spiro atoms. The summed E-state index contributed by atoms with van der Waals surface area (Å²) in [5.74, 6) is -0.222. The maximum Gasteiger partial charge on any atom is 0.494 e. The van der Waals surface area contributed by atoms with Crippen LogP contribution in [0, 0.1) is 5.82 Å². The summed E-state index contributed by atoms with van der Waals surface area (Å²) in [5, 5.41) is 0. The Hall–Kier alpha value is -0.905. The second kappa shape index (κ2) is 5.62. The molecule has 0 aromatic heterocycles. The molecule has 0 unspecified atom stereocenters. The Morgan fingerprint density at radius 2 is 2.29 bits per heavy atom. The first-order valence-corrected chi connectivity index (χ1v) is 5.83. The van der Waals surface area contributed by atoms with Crippen LogP contribution in [0.25, 0.3) is 0 Å². The second-order valence-electron chi connectivity index (χ2n) is 4.51. The number of hydrogen-bond donors (Lipinski definition) is 0. The zero-order valence-electron chi connectivity index (χ0n) is 10.3. The van der Waals surface area contributed by atoms with E-state index >= 15 is 0 Å². The highest BCUT2D eigenvalue weighted by molar-refractivity contribution is 6.62. The molecule has 1 aliphatic heterocycles. The van der Waals surface area contributed by atoms with Gasteiger partial charge in [0.1, 0.15) is 5.82 Å². The SMILES string of the molecule is CN(C)CCCOB1OCc2cc(F)ccc21. The molecule has 2 rings (SSSR count). The quantitative estimate of drug-likeness (QED) is 0.563. The Morgan fingerprint density at radius 3 is 3.06 bits per heavy atom. The molecule has 5 heteroatoms. The minimum atomic E-state index is -0.326. The van der Waals surface area contributed by atoms with Crippen LogP contribution in [0.1, 0.15) is 12.0 Å². The van der Waals surface area contributed by atoms with Gasteiger partial charge in [-0.2, -0.15) is 0 Å². The summed E-state index contributed by atoms with van der Waals surface area (Å²) in [7, 11) is 3.74. The number of halogens is 1. The van der Waals surface area contributed by atoms with E-state index in [0.29, 0.717) is 13.2 Å². The van der Waals surface area contributed by atoms with Crippen molar-refractivity contribution in [1.29, 1.82) is 0 Å². The van der Waals surface area contributed by atoms with Crippen molar-refractivity contribution in [2.75, 3.05) is 27.2 Å². The van der Waals surface area contributed by atoms with Crippen molar-refractivity contribution < 1.29 is 13.7 Å². The van der Waals surface area contributed by atoms with Gasteiger partial charge in [-0.1, -0.05) is 6.07 Å². The van der Waals surface area contributed by atoms with E-state index in [4.69, 9.17) is 9.31 Å². The average molecular weight is 237 g/mol. The molecule has 0 saturated heterocycles. The third-order valence-electron chi connectivity index (χ3n) is 2.77. The maximum atomic E-state index is 13.0. The molecule has 0 fully saturated rings. The van der Waals surface area contributed by atoms with Gasteiger partial charge in [0.15, 0.2) is 0 Å². The molecule has 3 nitrogen and oxygen atoms in total. The highest BCUT2D eigenvalue weighted by atomic mass is 19.1. The van der Waals surface area contributed by atoms with Crippen LogP contribution in [0.3, 0.4) is 0 Å². The largest absolute Gasteiger partial charge is 0.494 e. The Balaban J connectivity index is 1.85. The molecule has 1 aliphatic rings. The molecule has 0 aliphatic carbocycles. The van der Waals surface area contributed by atoms with Gasteiger partial charge in [0.05, 0.1) is 6.61 Å². The van der Waals surface area contributed by atoms with Gasteiger partial charge in [0.2, 0.25) is 0 Å². The van der Waals surface area contributed by atoms with E-state index in [1.807, 2.05) is 14.1 Å². The monoisotopic (exact) mass is 237 g/mol. The lowest BCUT2D eigenvalue weighted by Gasteiger charge is -2.11. The highest BCUT2D eigenvalue weighted by Gasteiger charge is 2.30. The summed E-state index contributed by atoms with van der Waals surface area (Å²) in [5.41, 5.74) is 1.85. The molecule has 0 amide bonds. The summed E-state index contributed by atoms with van der Waals surface area (Å²) in [6.07, 6.45) is 0.962. The molecule has 1 heterocycles. The van der Waals surface area contributed by atoms with Crippen LogP contribution in [0.2, 0.25) is 0 Å². The van der Waals surface area contributed by atoms with Crippen molar-refractivity contribution in [3.63, 3.8) is 0 Å². The molecule has 0 saturated carbocycles. The molecular formula is C12H17BFNO2. The molecule has 0 atom stereocenters. The first-order valence-electron chi connectivity index (χ1n) is 5.83. The van der Waals surface area contributed by atoms with E-state index < -0.39 is 0 Å². The van der Waals surface area contributed by atoms with Crippen LogP contribution in [-0.4, -0.2) is 39.3 Å². The lowest BCUT2D eigenvalue weighted by Crippen LogP contribution is -2.33. The van der Waals surface area contributed by atoms with Crippen molar-refractivity contribution in [2.45, 2.75) is 13.0 Å². The van der Waals surface area contributed by atoms with E-state index in [2.05, 4.69) is 4.90 Å². The third kappa shape index (κ3) is 3.28. The Bertz CT molecular complexity index is 387. The zero-order valence-corrected chi connectivity index (χ0v) is 10.3. The van der Waals surface area contributed by atoms with Gasteiger partial charge in [0.25, 0.3) is 0 Å². The fraction of sp³-hybridized carbons (Fsp3) is 0.500. The zero-order chi connectivity index (χ0) is 12.3. The van der Waals surface area contributed by atoms with Crippen LogP contribution in [0.15, 0.2) is 18.2 Å². The standard InChI is InChI=1S/C12H17BFNO2/c1-15(2)6-3-7-16-13-12-5-4-11(14)8-10(12)9-17-13/h4-5,8H,3,6-7,9H2,1-2H3. The van der Waals surface area contributed by atoms with Gasteiger partial charge in [0, 0.05) is 6.61 Å². The molecule has 92 valence electrons. The number of nitrogens with zero attached hydrogens (tertiary/aromatic N) is 1. The topological polar surface area (TPSA) is 21.7 Å². The van der Waals surface area contributed by atoms with Gasteiger partial charge in [-0.3, -0.25) is 0 Å². The number of rotatable bonds is 5. The first kappa shape index (κ1) is 12.5. The van der Waals surface area contributed by atoms with Crippen LogP contribution in [0.5, 0.6) is 0 Å². The molecule has 0 N–H and O–H groups in total. The van der Waals surface area contributed by atoms with Crippen LogP contribution >= 0.6 is 0 Å². The van der Waals surface area contributed by atoms with Crippen molar-refractivity contribution >= 4 is 12.6 Å². The Morgan fingerprint density at radius 1 is 1.47 bits per heavy atom. The molecule has 0 radical (unpaired) electrons. The summed E-state index contributed by atoms with van der Waals surface area (Å²) in [6, 6.07) is 4.70. The molecule has 1 aromatic carbocycles. The van der Waals surface area contributed by atoms with E-state index in [9.17, 15) is 4.39 Å². The van der Waals surface area contributed by atoms with Gasteiger partial charge in [-0.15, -0.1) is 0 Å². The number of benzene rings is 1. The van der Waals surface area contributed by atoms with E-state index in [0.717, 1.165) is 24.0 Å². The Kier molecular flexibility index (Phi) is 4.15. The van der Waals surface area contributed by atoms with E-state index in [1.165, 1.54) is 12.1 Å². The summed E-state index contributed by atoms with van der Waals surface area (Å²) >= 11 is 0. The van der Waals surface area contributed by atoms with Crippen molar-refractivity contribution in [2.24, 2.45) is 0 Å². The number of hydrogen-bond acceptors (Lipinski definition) is 3. The first-order chi connectivity index (χ1) is 8.16.